The first-order valence-corrected chi connectivity index (χ1v) is 13.8. The third kappa shape index (κ3) is 3.00. The summed E-state index contributed by atoms with van der Waals surface area (Å²) in [4.78, 5) is 9.73. The zero-order chi connectivity index (χ0) is 25.4. The van der Waals surface area contributed by atoms with Gasteiger partial charge in [0.05, 0.1) is 15.7 Å². The summed E-state index contributed by atoms with van der Waals surface area (Å²) in [5.41, 5.74) is 11.1. The number of rotatable bonds is 2. The van der Waals surface area contributed by atoms with Gasteiger partial charge in [0.15, 0.2) is 0 Å². The lowest BCUT2D eigenvalue weighted by Gasteiger charge is -2.24. The average Bonchev–Trinajstić information content (AvgIpc) is 3.50. The van der Waals surface area contributed by atoms with Gasteiger partial charge in [-0.1, -0.05) is 86.6 Å². The van der Waals surface area contributed by atoms with Crippen molar-refractivity contribution >= 4 is 43.2 Å². The third-order valence-electron chi connectivity index (χ3n) is 8.10. The molecule has 0 aliphatic heterocycles. The average molecular weight is 505 g/mol. The van der Waals surface area contributed by atoms with Gasteiger partial charge < -0.3 is 0 Å². The van der Waals surface area contributed by atoms with Crippen LogP contribution in [0.2, 0.25) is 0 Å². The molecule has 0 N–H and O–H groups in total. The maximum absolute atomic E-state index is 4.90. The Kier molecular flexibility index (Phi) is 4.48. The van der Waals surface area contributed by atoms with Crippen LogP contribution in [0.1, 0.15) is 25.0 Å². The lowest BCUT2D eigenvalue weighted by Crippen LogP contribution is -2.16. The van der Waals surface area contributed by atoms with Gasteiger partial charge in [-0.3, -0.25) is 4.98 Å². The molecule has 3 heteroatoms. The molecule has 1 aliphatic rings. The molecule has 38 heavy (non-hydrogen) atoms. The van der Waals surface area contributed by atoms with Crippen molar-refractivity contribution in [1.82, 2.24) is 9.97 Å². The molecule has 0 unspecified atom stereocenters. The molecule has 5 aromatic carbocycles. The number of thiazole rings is 1. The van der Waals surface area contributed by atoms with E-state index >= 15 is 0 Å². The lowest BCUT2D eigenvalue weighted by atomic mass is 9.79. The first kappa shape index (κ1) is 21.7. The number of benzene rings is 5. The molecule has 7 aromatic rings. The summed E-state index contributed by atoms with van der Waals surface area (Å²) in [5.74, 6) is 0. The molecule has 2 aromatic heterocycles. The van der Waals surface area contributed by atoms with E-state index in [1.807, 2.05) is 6.20 Å². The van der Waals surface area contributed by atoms with E-state index in [1.165, 1.54) is 54.2 Å². The monoisotopic (exact) mass is 504 g/mol. The van der Waals surface area contributed by atoms with E-state index in [9.17, 15) is 0 Å². The predicted octanol–water partition coefficient (Wildman–Crippen LogP) is 9.64. The number of fused-ring (bicyclic) bond motifs is 9. The van der Waals surface area contributed by atoms with Crippen LogP contribution in [0.15, 0.2) is 109 Å². The highest BCUT2D eigenvalue weighted by atomic mass is 32.1. The van der Waals surface area contributed by atoms with Gasteiger partial charge in [-0.05, 0) is 69.1 Å². The fourth-order valence-electron chi connectivity index (χ4n) is 6.35. The van der Waals surface area contributed by atoms with Crippen LogP contribution in [0.5, 0.6) is 0 Å². The molecule has 1 aliphatic carbocycles. The predicted molar refractivity (Wildman–Crippen MR) is 161 cm³/mol. The maximum atomic E-state index is 4.90. The highest BCUT2D eigenvalue weighted by Crippen LogP contribution is 2.54. The van der Waals surface area contributed by atoms with Crippen molar-refractivity contribution in [1.29, 1.82) is 0 Å². The molecule has 0 atom stereocenters. The second-order valence-corrected chi connectivity index (χ2v) is 11.7. The highest BCUT2D eigenvalue weighted by molar-refractivity contribution is 7.21. The third-order valence-corrected chi connectivity index (χ3v) is 9.19. The van der Waals surface area contributed by atoms with Crippen molar-refractivity contribution in [2.75, 3.05) is 0 Å². The van der Waals surface area contributed by atoms with Gasteiger partial charge in [0, 0.05) is 27.9 Å². The lowest BCUT2D eigenvalue weighted by molar-refractivity contribution is 0.666. The van der Waals surface area contributed by atoms with Crippen LogP contribution in [-0.4, -0.2) is 9.97 Å². The van der Waals surface area contributed by atoms with Gasteiger partial charge in [0.25, 0.3) is 0 Å². The Morgan fingerprint density at radius 3 is 2.32 bits per heavy atom. The van der Waals surface area contributed by atoms with Crippen LogP contribution in [-0.2, 0) is 5.41 Å². The molecule has 0 bridgehead atoms. The van der Waals surface area contributed by atoms with Crippen molar-refractivity contribution in [3.63, 3.8) is 0 Å². The number of hydrogen-bond acceptors (Lipinski definition) is 3. The molecule has 0 radical (unpaired) electrons. The molecule has 180 valence electrons. The fraction of sp³-hybridized carbons (Fsp3) is 0.0857. The van der Waals surface area contributed by atoms with Crippen LogP contribution in [0.4, 0.5) is 0 Å². The van der Waals surface area contributed by atoms with Gasteiger partial charge in [-0.2, -0.15) is 0 Å². The molecule has 2 heterocycles. The van der Waals surface area contributed by atoms with Crippen molar-refractivity contribution in [2.24, 2.45) is 0 Å². The summed E-state index contributed by atoms with van der Waals surface area (Å²) < 4.78 is 1.22. The molecule has 0 spiro atoms. The summed E-state index contributed by atoms with van der Waals surface area (Å²) in [5, 5.41) is 4.82. The standard InChI is InChI=1S/C35H24N2S/c1-35(2)28-20-22(21-9-7-10-23(19-21)34-37-29-14-5-6-15-30(29)38-34)16-17-26(28)31-24-11-3-4-12-25(24)33-27(32(31)35)13-8-18-36-33/h3-20H,1-2H3. The largest absolute Gasteiger partial charge is 0.256 e. The number of para-hydroxylation sites is 1. The minimum absolute atomic E-state index is 0.142. The van der Waals surface area contributed by atoms with Crippen LogP contribution in [0.25, 0.3) is 64.7 Å². The molecular weight excluding hydrogens is 480 g/mol. The molecule has 0 saturated heterocycles. The molecule has 2 nitrogen and oxygen atoms in total. The van der Waals surface area contributed by atoms with E-state index < -0.39 is 0 Å². The van der Waals surface area contributed by atoms with Crippen molar-refractivity contribution in [2.45, 2.75) is 19.3 Å². The highest BCUT2D eigenvalue weighted by Gasteiger charge is 2.38. The minimum Gasteiger partial charge on any atom is -0.256 e. The van der Waals surface area contributed by atoms with Gasteiger partial charge in [-0.15, -0.1) is 11.3 Å². The topological polar surface area (TPSA) is 25.8 Å². The van der Waals surface area contributed by atoms with Crippen LogP contribution in [0.3, 0.4) is 0 Å². The van der Waals surface area contributed by atoms with E-state index in [0.29, 0.717) is 0 Å². The first-order chi connectivity index (χ1) is 18.6. The van der Waals surface area contributed by atoms with E-state index in [1.54, 1.807) is 11.3 Å². The Balaban J connectivity index is 1.32. The summed E-state index contributed by atoms with van der Waals surface area (Å²) in [6.07, 6.45) is 1.91. The van der Waals surface area contributed by atoms with Gasteiger partial charge in [-0.25, -0.2) is 4.98 Å². The SMILES string of the molecule is CC1(C)c2cc(-c3cccc(-c4nc5ccccc5s4)c3)ccc2-c2c1c1cccnc1c1ccccc21. The van der Waals surface area contributed by atoms with Crippen molar-refractivity contribution < 1.29 is 0 Å². The second-order valence-electron chi connectivity index (χ2n) is 10.6. The number of aromatic nitrogens is 2. The summed E-state index contributed by atoms with van der Waals surface area (Å²) >= 11 is 1.75. The fourth-order valence-corrected chi connectivity index (χ4v) is 7.31. The van der Waals surface area contributed by atoms with E-state index in [4.69, 9.17) is 9.97 Å². The summed E-state index contributed by atoms with van der Waals surface area (Å²) in [6.45, 7) is 4.72. The van der Waals surface area contributed by atoms with E-state index in [2.05, 4.69) is 117 Å². The Morgan fingerprint density at radius 2 is 1.42 bits per heavy atom. The van der Waals surface area contributed by atoms with Gasteiger partial charge in [0.2, 0.25) is 0 Å². The second kappa shape index (κ2) is 7.83. The maximum Gasteiger partial charge on any atom is 0.124 e. The number of pyridine rings is 1. The van der Waals surface area contributed by atoms with Crippen LogP contribution >= 0.6 is 11.3 Å². The molecular formula is C35H24N2S. The van der Waals surface area contributed by atoms with E-state index in [-0.39, 0.29) is 5.41 Å². The van der Waals surface area contributed by atoms with Crippen LogP contribution < -0.4 is 0 Å². The Labute approximate surface area is 225 Å². The zero-order valence-corrected chi connectivity index (χ0v) is 22.0. The minimum atomic E-state index is -0.142. The Bertz CT molecular complexity index is 2030. The number of nitrogens with zero attached hydrogens (tertiary/aromatic N) is 2. The van der Waals surface area contributed by atoms with E-state index in [0.717, 1.165) is 21.6 Å². The molecule has 0 saturated carbocycles. The van der Waals surface area contributed by atoms with Gasteiger partial charge >= 0.3 is 0 Å². The van der Waals surface area contributed by atoms with Crippen molar-refractivity contribution in [3.8, 4) is 32.8 Å². The molecule has 0 amide bonds. The Hall–Kier alpha value is -4.34. The normalized spacial score (nSPS) is 13.7. The van der Waals surface area contributed by atoms with Crippen molar-refractivity contribution in [3.05, 3.63) is 120 Å². The molecule has 8 rings (SSSR count). The first-order valence-electron chi connectivity index (χ1n) is 13.0. The quantitative estimate of drug-likeness (QED) is 0.219. The molecule has 0 fully saturated rings. The Morgan fingerprint density at radius 1 is 0.658 bits per heavy atom. The number of hydrogen-bond donors (Lipinski definition) is 0. The summed E-state index contributed by atoms with van der Waals surface area (Å²) in [6, 6.07) is 37.2. The van der Waals surface area contributed by atoms with Gasteiger partial charge in [0.1, 0.15) is 5.01 Å². The zero-order valence-electron chi connectivity index (χ0n) is 21.2. The smallest absolute Gasteiger partial charge is 0.124 e. The summed E-state index contributed by atoms with van der Waals surface area (Å²) in [7, 11) is 0. The van der Waals surface area contributed by atoms with Crippen LogP contribution in [0, 0.1) is 0 Å².